The van der Waals surface area contributed by atoms with Crippen LogP contribution in [0.3, 0.4) is 0 Å². The van der Waals surface area contributed by atoms with Crippen molar-refractivity contribution in [1.82, 2.24) is 10.2 Å². The third kappa shape index (κ3) is 8.70. The molecule has 0 aromatic rings. The van der Waals surface area contributed by atoms with Crippen LogP contribution in [0.4, 0.5) is 0 Å². The van der Waals surface area contributed by atoms with Gasteiger partial charge in [-0.05, 0) is 18.9 Å². The van der Waals surface area contributed by atoms with E-state index < -0.39 is 0 Å². The molecule has 0 heterocycles. The molecule has 0 radical (unpaired) electrons. The molecular formula is C19H41N4+. The van der Waals surface area contributed by atoms with Crippen molar-refractivity contribution in [3.63, 3.8) is 0 Å². The highest BCUT2D eigenvalue weighted by molar-refractivity contribution is 5.34. The van der Waals surface area contributed by atoms with E-state index in [1.807, 2.05) is 27.0 Å². The van der Waals surface area contributed by atoms with Gasteiger partial charge in [0, 0.05) is 14.1 Å². The van der Waals surface area contributed by atoms with Gasteiger partial charge < -0.3 is 20.4 Å². The molecule has 1 unspecified atom stereocenters. The molecule has 4 nitrogen and oxygen atoms in total. The van der Waals surface area contributed by atoms with Crippen molar-refractivity contribution in [1.29, 1.82) is 0 Å². The molecule has 0 aromatic heterocycles. The molecule has 0 aliphatic carbocycles. The van der Waals surface area contributed by atoms with Crippen LogP contribution in [0.15, 0.2) is 35.8 Å². The van der Waals surface area contributed by atoms with Crippen LogP contribution in [0.25, 0.3) is 0 Å². The van der Waals surface area contributed by atoms with E-state index in [0.29, 0.717) is 11.7 Å². The Morgan fingerprint density at radius 1 is 1.26 bits per heavy atom. The van der Waals surface area contributed by atoms with Gasteiger partial charge in [0.05, 0.1) is 44.8 Å². The second-order valence-electron chi connectivity index (χ2n) is 6.39. The molecule has 0 bridgehead atoms. The van der Waals surface area contributed by atoms with Crippen LogP contribution in [0, 0.1) is 0 Å². The molecule has 0 saturated carbocycles. The maximum absolute atomic E-state index is 6.26. The molecule has 0 aliphatic rings. The van der Waals surface area contributed by atoms with Crippen LogP contribution in [0.1, 0.15) is 40.5 Å². The van der Waals surface area contributed by atoms with Crippen LogP contribution in [0.2, 0.25) is 0 Å². The number of quaternary nitrogens is 1. The second-order valence-corrected chi connectivity index (χ2v) is 6.39. The van der Waals surface area contributed by atoms with Crippen molar-refractivity contribution in [2.24, 2.45) is 5.73 Å². The Morgan fingerprint density at radius 2 is 1.78 bits per heavy atom. The van der Waals surface area contributed by atoms with E-state index in [9.17, 15) is 0 Å². The molecule has 1 atom stereocenters. The third-order valence-electron chi connectivity index (χ3n) is 3.90. The maximum atomic E-state index is 6.26. The van der Waals surface area contributed by atoms with E-state index in [1.54, 1.807) is 0 Å². The summed E-state index contributed by atoms with van der Waals surface area (Å²) in [5.74, 6) is 0. The predicted octanol–water partition coefficient (Wildman–Crippen LogP) is 3.30. The number of nitrogens with zero attached hydrogens (tertiary/aromatic N) is 2. The van der Waals surface area contributed by atoms with Crippen molar-refractivity contribution in [3.05, 3.63) is 35.8 Å². The van der Waals surface area contributed by atoms with Gasteiger partial charge in [-0.1, -0.05) is 40.3 Å². The summed E-state index contributed by atoms with van der Waals surface area (Å²) in [6.07, 6.45) is 6.22. The average molecular weight is 326 g/mol. The first-order valence-corrected chi connectivity index (χ1v) is 8.74. The quantitative estimate of drug-likeness (QED) is 0.505. The summed E-state index contributed by atoms with van der Waals surface area (Å²) >= 11 is 0. The molecule has 0 aliphatic heterocycles. The number of likely N-dealkylation sites (N-methyl/N-ethyl adjacent to an activating group) is 3. The summed E-state index contributed by atoms with van der Waals surface area (Å²) in [6.45, 7) is 13.4. The van der Waals surface area contributed by atoms with E-state index in [4.69, 9.17) is 5.73 Å². The van der Waals surface area contributed by atoms with Crippen molar-refractivity contribution >= 4 is 0 Å². The molecule has 0 rings (SSSR count). The number of rotatable bonds is 9. The zero-order chi connectivity index (χ0) is 18.6. The lowest BCUT2D eigenvalue weighted by molar-refractivity contribution is -0.895. The minimum Gasteiger partial charge on any atom is -0.395 e. The number of allylic oxidation sites excluding steroid dienone is 2. The van der Waals surface area contributed by atoms with Gasteiger partial charge >= 0.3 is 0 Å². The van der Waals surface area contributed by atoms with Crippen LogP contribution in [-0.4, -0.2) is 57.2 Å². The zero-order valence-electron chi connectivity index (χ0n) is 17.0. The van der Waals surface area contributed by atoms with E-state index in [2.05, 4.69) is 64.9 Å². The summed E-state index contributed by atoms with van der Waals surface area (Å²) in [4.78, 5) is 2.16. The highest BCUT2D eigenvalue weighted by Gasteiger charge is 2.24. The molecule has 0 amide bonds. The SMILES string of the molecule is C=C(/C(N)=C(/C=C\CC)NC)N(C)CC(CC)[N+](C)(C)C.CC. The molecule has 136 valence electrons. The van der Waals surface area contributed by atoms with Gasteiger partial charge in [0.2, 0.25) is 0 Å². The lowest BCUT2D eigenvalue weighted by Gasteiger charge is -2.37. The fourth-order valence-electron chi connectivity index (χ4n) is 2.25. The molecule has 4 heteroatoms. The Kier molecular flexibility index (Phi) is 12.5. The minimum absolute atomic E-state index is 0.545. The molecule has 0 saturated heterocycles. The van der Waals surface area contributed by atoms with Crippen LogP contribution < -0.4 is 11.1 Å². The molecular weight excluding hydrogens is 284 g/mol. The first-order valence-electron chi connectivity index (χ1n) is 8.74. The van der Waals surface area contributed by atoms with Gasteiger partial charge in [-0.15, -0.1) is 0 Å². The lowest BCUT2D eigenvalue weighted by Crippen LogP contribution is -2.50. The number of hydrogen-bond acceptors (Lipinski definition) is 3. The minimum atomic E-state index is 0.545. The van der Waals surface area contributed by atoms with E-state index in [0.717, 1.165) is 35.3 Å². The third-order valence-corrected chi connectivity index (χ3v) is 3.90. The maximum Gasteiger partial charge on any atom is 0.106 e. The fourth-order valence-corrected chi connectivity index (χ4v) is 2.25. The van der Waals surface area contributed by atoms with E-state index >= 15 is 0 Å². The number of hydrogen-bond donors (Lipinski definition) is 2. The van der Waals surface area contributed by atoms with Crippen molar-refractivity contribution in [2.45, 2.75) is 46.6 Å². The first-order chi connectivity index (χ1) is 10.7. The Labute approximate surface area is 145 Å². The first kappa shape index (κ1) is 23.8. The fraction of sp³-hybridized carbons (Fsp3) is 0.684. The van der Waals surface area contributed by atoms with Crippen molar-refractivity contribution < 1.29 is 4.48 Å². The zero-order valence-corrected chi connectivity index (χ0v) is 17.0. The standard InChI is InChI=1S/C17H35N4.C2H6/c1-9-11-12-16(19-4)17(18)14(3)20(5)13-15(10-2)21(6,7)8;1-2/h11-12,15,19H,3,9-10,13,18H2,1-2,4-8H3;1-2H3/q+1;/b12-11-,17-16+;. The summed E-state index contributed by atoms with van der Waals surface area (Å²) in [5.41, 5.74) is 8.76. The van der Waals surface area contributed by atoms with Gasteiger partial charge in [-0.2, -0.15) is 0 Å². The highest BCUT2D eigenvalue weighted by Crippen LogP contribution is 2.15. The predicted molar refractivity (Wildman–Crippen MR) is 105 cm³/mol. The summed E-state index contributed by atoms with van der Waals surface area (Å²) < 4.78 is 0.937. The molecule has 0 spiro atoms. The van der Waals surface area contributed by atoms with Crippen LogP contribution in [0.5, 0.6) is 0 Å². The van der Waals surface area contributed by atoms with E-state index in [1.165, 1.54) is 0 Å². The largest absolute Gasteiger partial charge is 0.395 e. The van der Waals surface area contributed by atoms with Gasteiger partial charge in [-0.3, -0.25) is 0 Å². The smallest absolute Gasteiger partial charge is 0.106 e. The Hall–Kier alpha value is -1.42. The summed E-state index contributed by atoms with van der Waals surface area (Å²) in [7, 11) is 10.6. The normalized spacial score (nSPS) is 13.8. The average Bonchev–Trinajstić information content (AvgIpc) is 2.52. The molecule has 0 aromatic carbocycles. The molecule has 23 heavy (non-hydrogen) atoms. The van der Waals surface area contributed by atoms with Gasteiger partial charge in [-0.25, -0.2) is 0 Å². The summed E-state index contributed by atoms with van der Waals surface area (Å²) in [6, 6.07) is 0.545. The Balaban J connectivity index is 0. The van der Waals surface area contributed by atoms with Crippen LogP contribution >= 0.6 is 0 Å². The van der Waals surface area contributed by atoms with Gasteiger partial charge in [0.1, 0.15) is 6.04 Å². The van der Waals surface area contributed by atoms with Crippen molar-refractivity contribution in [3.8, 4) is 0 Å². The Morgan fingerprint density at radius 3 is 2.13 bits per heavy atom. The number of nitrogens with one attached hydrogen (secondary N) is 1. The molecule has 0 fully saturated rings. The van der Waals surface area contributed by atoms with Gasteiger partial charge in [0.15, 0.2) is 0 Å². The van der Waals surface area contributed by atoms with Crippen LogP contribution in [-0.2, 0) is 0 Å². The second kappa shape index (κ2) is 12.1. The summed E-state index contributed by atoms with van der Waals surface area (Å²) in [5, 5.41) is 3.15. The molecule has 3 N–H and O–H groups in total. The monoisotopic (exact) mass is 325 g/mol. The Bertz CT molecular complexity index is 389. The number of nitrogens with two attached hydrogens (primary N) is 1. The lowest BCUT2D eigenvalue weighted by atomic mass is 10.1. The topological polar surface area (TPSA) is 41.3 Å². The van der Waals surface area contributed by atoms with E-state index in [-0.39, 0.29) is 0 Å². The van der Waals surface area contributed by atoms with Gasteiger partial charge in [0.25, 0.3) is 0 Å². The highest BCUT2D eigenvalue weighted by atomic mass is 15.3. The van der Waals surface area contributed by atoms with Crippen molar-refractivity contribution in [2.75, 3.05) is 41.8 Å².